The first kappa shape index (κ1) is 18.7. The molecule has 128 valence electrons. The topological polar surface area (TPSA) is 38.3 Å². The van der Waals surface area contributed by atoms with Gasteiger partial charge in [-0.3, -0.25) is 0 Å². The van der Waals surface area contributed by atoms with Gasteiger partial charge in [-0.15, -0.1) is 23.5 Å². The summed E-state index contributed by atoms with van der Waals surface area (Å²) in [5, 5.41) is 2.79. The van der Waals surface area contributed by atoms with Gasteiger partial charge in [0.1, 0.15) is 6.10 Å². The fourth-order valence-corrected chi connectivity index (χ4v) is 3.93. The van der Waals surface area contributed by atoms with Crippen LogP contribution < -0.4 is 5.32 Å². The number of thioether (sulfide) groups is 2. The lowest BCUT2D eigenvalue weighted by molar-refractivity contribution is 0.117. The molecule has 0 saturated heterocycles. The first-order chi connectivity index (χ1) is 11.6. The number of nitrogens with one attached hydrogen (secondary N) is 1. The maximum atomic E-state index is 11.9. The average molecular weight is 362 g/mol. The Balaban J connectivity index is 1.90. The van der Waals surface area contributed by atoms with Crippen molar-refractivity contribution in [1.82, 2.24) is 5.32 Å². The number of hydrogen-bond acceptors (Lipinski definition) is 4. The van der Waals surface area contributed by atoms with Gasteiger partial charge in [0.15, 0.2) is 0 Å². The lowest BCUT2D eigenvalue weighted by Crippen LogP contribution is -2.35. The van der Waals surface area contributed by atoms with Crippen molar-refractivity contribution in [3.05, 3.63) is 60.7 Å². The van der Waals surface area contributed by atoms with Crippen molar-refractivity contribution in [2.75, 3.05) is 11.5 Å². The number of rotatable bonds is 8. The number of amides is 1. The van der Waals surface area contributed by atoms with Crippen molar-refractivity contribution in [2.24, 2.45) is 0 Å². The quantitative estimate of drug-likeness (QED) is 0.666. The summed E-state index contributed by atoms with van der Waals surface area (Å²) < 4.78 is 5.61. The van der Waals surface area contributed by atoms with Gasteiger partial charge in [-0.25, -0.2) is 4.79 Å². The maximum Gasteiger partial charge on any atom is 0.407 e. The van der Waals surface area contributed by atoms with Gasteiger partial charge in [-0.05, 0) is 38.1 Å². The standard InChI is InChI=1S/C19H23NO2S2/c1-15(2)20-19(21)22-16(13-23-17-9-5-3-6-10-17)14-24-18-11-7-4-8-12-18/h3-12,15-16H,13-14H2,1-2H3,(H,20,21). The van der Waals surface area contributed by atoms with Crippen LogP contribution in [0.15, 0.2) is 70.5 Å². The van der Waals surface area contributed by atoms with E-state index >= 15 is 0 Å². The smallest absolute Gasteiger partial charge is 0.407 e. The number of ether oxygens (including phenoxy) is 1. The highest BCUT2D eigenvalue weighted by molar-refractivity contribution is 8.00. The minimum atomic E-state index is -0.350. The Hall–Kier alpha value is -1.59. The van der Waals surface area contributed by atoms with E-state index in [1.54, 1.807) is 23.5 Å². The number of benzene rings is 2. The van der Waals surface area contributed by atoms with Gasteiger partial charge in [-0.1, -0.05) is 36.4 Å². The van der Waals surface area contributed by atoms with E-state index in [1.807, 2.05) is 50.2 Å². The van der Waals surface area contributed by atoms with Crippen LogP contribution in [-0.4, -0.2) is 29.7 Å². The Labute approximate surface area is 152 Å². The molecule has 0 saturated carbocycles. The van der Waals surface area contributed by atoms with Gasteiger partial charge in [0.05, 0.1) is 0 Å². The van der Waals surface area contributed by atoms with Crippen LogP contribution >= 0.6 is 23.5 Å². The van der Waals surface area contributed by atoms with Crippen LogP contribution in [0.3, 0.4) is 0 Å². The van der Waals surface area contributed by atoms with E-state index in [0.29, 0.717) is 0 Å². The molecule has 0 fully saturated rings. The number of alkyl carbamates (subject to hydrolysis) is 1. The van der Waals surface area contributed by atoms with E-state index in [4.69, 9.17) is 4.74 Å². The van der Waals surface area contributed by atoms with Gasteiger partial charge in [0.2, 0.25) is 0 Å². The summed E-state index contributed by atoms with van der Waals surface area (Å²) in [7, 11) is 0. The highest BCUT2D eigenvalue weighted by Gasteiger charge is 2.16. The summed E-state index contributed by atoms with van der Waals surface area (Å²) in [6.07, 6.45) is -0.503. The molecule has 0 aliphatic carbocycles. The molecule has 0 aromatic heterocycles. The van der Waals surface area contributed by atoms with E-state index in [9.17, 15) is 4.79 Å². The van der Waals surface area contributed by atoms with E-state index in [2.05, 4.69) is 29.6 Å². The largest absolute Gasteiger partial charge is 0.444 e. The molecule has 0 aliphatic heterocycles. The van der Waals surface area contributed by atoms with E-state index in [1.165, 1.54) is 9.79 Å². The Kier molecular flexibility index (Phi) is 8.05. The molecule has 0 atom stereocenters. The zero-order valence-electron chi connectivity index (χ0n) is 14.0. The van der Waals surface area contributed by atoms with Crippen molar-refractivity contribution >= 4 is 29.6 Å². The molecule has 2 rings (SSSR count). The molecule has 2 aromatic carbocycles. The fraction of sp³-hybridized carbons (Fsp3) is 0.316. The third-order valence-corrected chi connectivity index (χ3v) is 5.33. The molecule has 0 heterocycles. The predicted octanol–water partition coefficient (Wildman–Crippen LogP) is 5.07. The Morgan fingerprint density at radius 1 is 0.917 bits per heavy atom. The van der Waals surface area contributed by atoms with Crippen LogP contribution in [0.1, 0.15) is 13.8 Å². The van der Waals surface area contributed by atoms with Crippen LogP contribution in [0.25, 0.3) is 0 Å². The van der Waals surface area contributed by atoms with Crippen LogP contribution in [0.2, 0.25) is 0 Å². The minimum absolute atomic E-state index is 0.0710. The molecule has 0 radical (unpaired) electrons. The van der Waals surface area contributed by atoms with Crippen LogP contribution in [0, 0.1) is 0 Å². The molecular formula is C19H23NO2S2. The highest BCUT2D eigenvalue weighted by atomic mass is 32.2. The summed E-state index contributed by atoms with van der Waals surface area (Å²) in [5.74, 6) is 1.46. The predicted molar refractivity (Wildman–Crippen MR) is 103 cm³/mol. The van der Waals surface area contributed by atoms with Gasteiger partial charge in [-0.2, -0.15) is 0 Å². The summed E-state index contributed by atoms with van der Waals surface area (Å²) in [6, 6.07) is 20.4. The SMILES string of the molecule is CC(C)NC(=O)OC(CSc1ccccc1)CSc1ccccc1. The Morgan fingerprint density at radius 2 is 1.38 bits per heavy atom. The van der Waals surface area contributed by atoms with Crippen molar-refractivity contribution in [3.63, 3.8) is 0 Å². The number of hydrogen-bond donors (Lipinski definition) is 1. The number of carbonyl (C=O) groups excluding carboxylic acids is 1. The summed E-state index contributed by atoms with van der Waals surface area (Å²) >= 11 is 3.41. The van der Waals surface area contributed by atoms with Gasteiger partial charge in [0, 0.05) is 27.3 Å². The molecule has 0 spiro atoms. The second-order valence-electron chi connectivity index (χ2n) is 5.57. The monoisotopic (exact) mass is 361 g/mol. The van der Waals surface area contributed by atoms with E-state index in [-0.39, 0.29) is 18.2 Å². The first-order valence-corrected chi connectivity index (χ1v) is 9.93. The van der Waals surface area contributed by atoms with E-state index < -0.39 is 0 Å². The molecule has 5 heteroatoms. The van der Waals surface area contributed by atoms with Crippen molar-refractivity contribution in [3.8, 4) is 0 Å². The Morgan fingerprint density at radius 3 is 1.79 bits per heavy atom. The van der Waals surface area contributed by atoms with Crippen LogP contribution in [-0.2, 0) is 4.74 Å². The number of carbonyl (C=O) groups is 1. The molecule has 3 nitrogen and oxygen atoms in total. The molecule has 0 aliphatic rings. The van der Waals surface area contributed by atoms with Crippen molar-refractivity contribution in [2.45, 2.75) is 35.8 Å². The third-order valence-electron chi connectivity index (χ3n) is 3.04. The molecule has 1 N–H and O–H groups in total. The maximum absolute atomic E-state index is 11.9. The van der Waals surface area contributed by atoms with Crippen molar-refractivity contribution < 1.29 is 9.53 Å². The summed E-state index contributed by atoms with van der Waals surface area (Å²) in [5.41, 5.74) is 0. The van der Waals surface area contributed by atoms with Gasteiger partial charge in [0.25, 0.3) is 0 Å². The minimum Gasteiger partial charge on any atom is -0.444 e. The highest BCUT2D eigenvalue weighted by Crippen LogP contribution is 2.24. The molecule has 2 aromatic rings. The fourth-order valence-electron chi connectivity index (χ4n) is 1.95. The molecule has 1 amide bonds. The summed E-state index contributed by atoms with van der Waals surface area (Å²) in [4.78, 5) is 14.3. The van der Waals surface area contributed by atoms with Crippen LogP contribution in [0.4, 0.5) is 4.79 Å². The van der Waals surface area contributed by atoms with Crippen LogP contribution in [0.5, 0.6) is 0 Å². The first-order valence-electron chi connectivity index (χ1n) is 7.96. The average Bonchev–Trinajstić information content (AvgIpc) is 2.58. The van der Waals surface area contributed by atoms with Gasteiger partial charge >= 0.3 is 6.09 Å². The molecule has 0 bridgehead atoms. The molecular weight excluding hydrogens is 338 g/mol. The zero-order valence-corrected chi connectivity index (χ0v) is 15.6. The summed E-state index contributed by atoms with van der Waals surface area (Å²) in [6.45, 7) is 3.85. The van der Waals surface area contributed by atoms with Gasteiger partial charge < -0.3 is 10.1 Å². The normalized spacial score (nSPS) is 10.8. The van der Waals surface area contributed by atoms with Crippen molar-refractivity contribution in [1.29, 1.82) is 0 Å². The van der Waals surface area contributed by atoms with E-state index in [0.717, 1.165) is 11.5 Å². The lowest BCUT2D eigenvalue weighted by Gasteiger charge is -2.19. The Bertz CT molecular complexity index is 562. The third kappa shape index (κ3) is 7.32. The second-order valence-corrected chi connectivity index (χ2v) is 7.76. The zero-order chi connectivity index (χ0) is 17.2. The molecule has 0 unspecified atom stereocenters. The lowest BCUT2D eigenvalue weighted by atomic mass is 10.4. The second kappa shape index (κ2) is 10.3. The molecule has 24 heavy (non-hydrogen) atoms.